The molecule has 0 saturated carbocycles. The fourth-order valence-corrected chi connectivity index (χ4v) is 1.76. The number of aryl methyl sites for hydroxylation is 1. The number of ether oxygens (including phenoxy) is 1. The summed E-state index contributed by atoms with van der Waals surface area (Å²) in [4.78, 5) is 15.1. The van der Waals surface area contributed by atoms with Crippen LogP contribution in [0.2, 0.25) is 0 Å². The maximum atomic E-state index is 13.1. The van der Waals surface area contributed by atoms with Gasteiger partial charge in [-0.2, -0.15) is 0 Å². The molecule has 0 saturated heterocycles. The molecule has 0 atom stereocenters. The van der Waals surface area contributed by atoms with Crippen molar-refractivity contribution < 1.29 is 19.0 Å². The number of halogens is 1. The van der Waals surface area contributed by atoms with Crippen LogP contribution < -0.4 is 10.1 Å². The van der Waals surface area contributed by atoms with Gasteiger partial charge in [-0.05, 0) is 31.2 Å². The largest absolute Gasteiger partial charge is 0.494 e. The third-order valence-electron chi connectivity index (χ3n) is 2.74. The number of aromatic carboxylic acids is 1. The molecule has 0 spiro atoms. The first-order valence-electron chi connectivity index (χ1n) is 5.83. The standard InChI is InChI=1S/C14H13FN2O3/c1-8-10(14(18)19)4-6-13(16-8)17-11-5-3-9(15)7-12(11)20-2/h3-7H,1-2H3,(H,16,17)(H,18,19). The number of hydrogen-bond acceptors (Lipinski definition) is 4. The highest BCUT2D eigenvalue weighted by atomic mass is 19.1. The Labute approximate surface area is 115 Å². The monoisotopic (exact) mass is 276 g/mol. The third-order valence-corrected chi connectivity index (χ3v) is 2.74. The lowest BCUT2D eigenvalue weighted by Gasteiger charge is -2.11. The molecule has 0 amide bonds. The number of benzene rings is 1. The summed E-state index contributed by atoms with van der Waals surface area (Å²) in [5.41, 5.74) is 1.08. The predicted octanol–water partition coefficient (Wildman–Crippen LogP) is 2.98. The number of hydrogen-bond donors (Lipinski definition) is 2. The summed E-state index contributed by atoms with van der Waals surface area (Å²) in [6.45, 7) is 1.61. The Morgan fingerprint density at radius 3 is 2.70 bits per heavy atom. The molecule has 0 radical (unpaired) electrons. The number of nitrogens with zero attached hydrogens (tertiary/aromatic N) is 1. The maximum Gasteiger partial charge on any atom is 0.337 e. The summed E-state index contributed by atoms with van der Waals surface area (Å²) in [6, 6.07) is 7.07. The molecule has 2 N–H and O–H groups in total. The Morgan fingerprint density at radius 2 is 2.10 bits per heavy atom. The average molecular weight is 276 g/mol. The molecule has 104 valence electrons. The SMILES string of the molecule is COc1cc(F)ccc1Nc1ccc(C(=O)O)c(C)n1. The van der Waals surface area contributed by atoms with Crippen molar-refractivity contribution in [1.82, 2.24) is 4.98 Å². The van der Waals surface area contributed by atoms with E-state index >= 15 is 0 Å². The van der Waals surface area contributed by atoms with Gasteiger partial charge in [0.15, 0.2) is 0 Å². The number of carboxylic acid groups (broad SMARTS) is 1. The number of anilines is 2. The van der Waals surface area contributed by atoms with Crippen LogP contribution in [0.3, 0.4) is 0 Å². The summed E-state index contributed by atoms with van der Waals surface area (Å²) < 4.78 is 18.2. The van der Waals surface area contributed by atoms with Gasteiger partial charge in [0.1, 0.15) is 17.4 Å². The predicted molar refractivity (Wildman–Crippen MR) is 72.2 cm³/mol. The van der Waals surface area contributed by atoms with Crippen molar-refractivity contribution in [1.29, 1.82) is 0 Å². The zero-order valence-electron chi connectivity index (χ0n) is 11.0. The van der Waals surface area contributed by atoms with Crippen molar-refractivity contribution in [3.8, 4) is 5.75 Å². The highest BCUT2D eigenvalue weighted by Gasteiger charge is 2.10. The van der Waals surface area contributed by atoms with Gasteiger partial charge in [0.2, 0.25) is 0 Å². The van der Waals surface area contributed by atoms with Crippen LogP contribution in [0.25, 0.3) is 0 Å². The van der Waals surface area contributed by atoms with Crippen LogP contribution in [0, 0.1) is 12.7 Å². The van der Waals surface area contributed by atoms with Crippen LogP contribution in [0.15, 0.2) is 30.3 Å². The van der Waals surface area contributed by atoms with E-state index < -0.39 is 11.8 Å². The van der Waals surface area contributed by atoms with Gasteiger partial charge in [-0.25, -0.2) is 14.2 Å². The summed E-state index contributed by atoms with van der Waals surface area (Å²) in [5.74, 6) is -0.636. The van der Waals surface area contributed by atoms with E-state index in [1.807, 2.05) is 0 Å². The first kappa shape index (κ1) is 13.8. The van der Waals surface area contributed by atoms with E-state index in [2.05, 4.69) is 10.3 Å². The molecule has 0 bridgehead atoms. The minimum absolute atomic E-state index is 0.140. The van der Waals surface area contributed by atoms with E-state index in [1.54, 1.807) is 13.0 Å². The minimum Gasteiger partial charge on any atom is -0.494 e. The normalized spacial score (nSPS) is 10.2. The average Bonchev–Trinajstić information content (AvgIpc) is 2.40. The first-order valence-corrected chi connectivity index (χ1v) is 5.83. The molecule has 0 fully saturated rings. The van der Waals surface area contributed by atoms with Crippen LogP contribution in [-0.2, 0) is 0 Å². The molecule has 1 aromatic carbocycles. The fourth-order valence-electron chi connectivity index (χ4n) is 1.76. The summed E-state index contributed by atoms with van der Waals surface area (Å²) in [6.07, 6.45) is 0. The molecular formula is C14H13FN2O3. The lowest BCUT2D eigenvalue weighted by molar-refractivity contribution is 0.0695. The van der Waals surface area contributed by atoms with Crippen molar-refractivity contribution in [2.45, 2.75) is 6.92 Å². The second-order valence-corrected chi connectivity index (χ2v) is 4.10. The summed E-state index contributed by atoms with van der Waals surface area (Å²) >= 11 is 0. The van der Waals surface area contributed by atoms with Crippen LogP contribution in [0.1, 0.15) is 16.1 Å². The maximum absolute atomic E-state index is 13.1. The Hall–Kier alpha value is -2.63. The van der Waals surface area contributed by atoms with E-state index in [-0.39, 0.29) is 5.56 Å². The number of nitrogens with one attached hydrogen (secondary N) is 1. The number of carbonyl (C=O) groups is 1. The summed E-state index contributed by atoms with van der Waals surface area (Å²) in [5, 5.41) is 11.9. The number of pyridine rings is 1. The van der Waals surface area contributed by atoms with Gasteiger partial charge in [0.05, 0.1) is 24.1 Å². The Morgan fingerprint density at radius 1 is 1.35 bits per heavy atom. The van der Waals surface area contributed by atoms with E-state index in [9.17, 15) is 9.18 Å². The van der Waals surface area contributed by atoms with E-state index in [0.29, 0.717) is 22.9 Å². The van der Waals surface area contributed by atoms with Crippen molar-refractivity contribution in [3.05, 3.63) is 47.4 Å². The van der Waals surface area contributed by atoms with Crippen LogP contribution >= 0.6 is 0 Å². The molecule has 2 aromatic rings. The topological polar surface area (TPSA) is 71.5 Å². The van der Waals surface area contributed by atoms with Crippen molar-refractivity contribution in [2.75, 3.05) is 12.4 Å². The molecule has 20 heavy (non-hydrogen) atoms. The van der Waals surface area contributed by atoms with E-state index in [0.717, 1.165) is 0 Å². The molecule has 0 aliphatic carbocycles. The molecular weight excluding hydrogens is 263 g/mol. The number of aromatic nitrogens is 1. The highest BCUT2D eigenvalue weighted by Crippen LogP contribution is 2.27. The number of rotatable bonds is 4. The molecule has 1 aromatic heterocycles. The van der Waals surface area contributed by atoms with Gasteiger partial charge < -0.3 is 15.2 Å². The molecule has 0 aliphatic heterocycles. The zero-order chi connectivity index (χ0) is 14.7. The van der Waals surface area contributed by atoms with Gasteiger partial charge in [0.25, 0.3) is 0 Å². The second kappa shape index (κ2) is 5.56. The minimum atomic E-state index is -1.03. The summed E-state index contributed by atoms with van der Waals surface area (Å²) in [7, 11) is 1.44. The quantitative estimate of drug-likeness (QED) is 0.898. The fraction of sp³-hybridized carbons (Fsp3) is 0.143. The van der Waals surface area contributed by atoms with Crippen LogP contribution in [-0.4, -0.2) is 23.2 Å². The smallest absolute Gasteiger partial charge is 0.337 e. The third kappa shape index (κ3) is 2.85. The Kier molecular flexibility index (Phi) is 3.84. The van der Waals surface area contributed by atoms with Crippen molar-refractivity contribution in [3.63, 3.8) is 0 Å². The van der Waals surface area contributed by atoms with Gasteiger partial charge >= 0.3 is 5.97 Å². The van der Waals surface area contributed by atoms with Gasteiger partial charge in [-0.3, -0.25) is 0 Å². The van der Waals surface area contributed by atoms with Crippen molar-refractivity contribution >= 4 is 17.5 Å². The highest BCUT2D eigenvalue weighted by molar-refractivity contribution is 5.89. The van der Waals surface area contributed by atoms with Gasteiger partial charge in [-0.15, -0.1) is 0 Å². The molecule has 5 nitrogen and oxygen atoms in total. The Balaban J connectivity index is 2.31. The zero-order valence-corrected chi connectivity index (χ0v) is 11.0. The molecule has 6 heteroatoms. The van der Waals surface area contributed by atoms with Crippen molar-refractivity contribution in [2.24, 2.45) is 0 Å². The lowest BCUT2D eigenvalue weighted by Crippen LogP contribution is -2.04. The van der Waals surface area contributed by atoms with Gasteiger partial charge in [-0.1, -0.05) is 0 Å². The van der Waals surface area contributed by atoms with Gasteiger partial charge in [0, 0.05) is 6.07 Å². The van der Waals surface area contributed by atoms with E-state index in [4.69, 9.17) is 9.84 Å². The first-order chi connectivity index (χ1) is 9.51. The molecule has 1 heterocycles. The van der Waals surface area contributed by atoms with E-state index in [1.165, 1.54) is 31.4 Å². The van der Waals surface area contributed by atoms with Crippen LogP contribution in [0.5, 0.6) is 5.75 Å². The Bertz CT molecular complexity index is 659. The second-order valence-electron chi connectivity index (χ2n) is 4.10. The molecule has 0 unspecified atom stereocenters. The number of carboxylic acids is 1. The molecule has 0 aliphatic rings. The van der Waals surface area contributed by atoms with Crippen LogP contribution in [0.4, 0.5) is 15.9 Å². The number of methoxy groups -OCH3 is 1. The lowest BCUT2D eigenvalue weighted by atomic mass is 10.2. The molecule has 2 rings (SSSR count).